The van der Waals surface area contributed by atoms with E-state index in [0.29, 0.717) is 0 Å². The van der Waals surface area contributed by atoms with Crippen molar-refractivity contribution in [2.24, 2.45) is 5.73 Å². The summed E-state index contributed by atoms with van der Waals surface area (Å²) in [6.07, 6.45) is 4.97. The van der Waals surface area contributed by atoms with E-state index in [0.717, 1.165) is 16.5 Å². The highest BCUT2D eigenvalue weighted by Gasteiger charge is 2.02. The summed E-state index contributed by atoms with van der Waals surface area (Å²) in [5, 5.41) is 1.13. The Balaban J connectivity index is 2.57. The number of amides is 1. The SMILES string of the molecule is Cc1cccc2[nH]cc(C=CC(N)=O)c12. The number of hydrogen-bond donors (Lipinski definition) is 2. The molecule has 3 N–H and O–H groups in total. The van der Waals surface area contributed by atoms with Crippen LogP contribution in [0.5, 0.6) is 0 Å². The van der Waals surface area contributed by atoms with Crippen molar-refractivity contribution < 1.29 is 4.79 Å². The number of aromatic amines is 1. The number of H-pyrrole nitrogens is 1. The molecule has 0 radical (unpaired) electrons. The molecule has 3 nitrogen and oxygen atoms in total. The smallest absolute Gasteiger partial charge is 0.241 e. The lowest BCUT2D eigenvalue weighted by Gasteiger charge is -1.96. The number of fused-ring (bicyclic) bond motifs is 1. The van der Waals surface area contributed by atoms with Crippen LogP contribution in [-0.2, 0) is 4.79 Å². The van der Waals surface area contributed by atoms with Crippen molar-refractivity contribution in [3.63, 3.8) is 0 Å². The van der Waals surface area contributed by atoms with E-state index in [4.69, 9.17) is 5.73 Å². The van der Waals surface area contributed by atoms with Crippen molar-refractivity contribution in [2.75, 3.05) is 0 Å². The highest BCUT2D eigenvalue weighted by atomic mass is 16.1. The summed E-state index contributed by atoms with van der Waals surface area (Å²) in [7, 11) is 0. The van der Waals surface area contributed by atoms with Gasteiger partial charge >= 0.3 is 0 Å². The van der Waals surface area contributed by atoms with Crippen LogP contribution in [0, 0.1) is 6.92 Å². The Kier molecular flexibility index (Phi) is 2.29. The fourth-order valence-electron chi connectivity index (χ4n) is 1.70. The van der Waals surface area contributed by atoms with Gasteiger partial charge in [0.1, 0.15) is 0 Å². The quantitative estimate of drug-likeness (QED) is 0.715. The maximum atomic E-state index is 10.6. The predicted octanol–water partition coefficient (Wildman–Crippen LogP) is 1.97. The number of nitrogens with two attached hydrogens (primary N) is 1. The van der Waals surface area contributed by atoms with Gasteiger partial charge in [-0.1, -0.05) is 12.1 Å². The highest BCUT2D eigenvalue weighted by molar-refractivity contribution is 5.96. The summed E-state index contributed by atoms with van der Waals surface area (Å²) in [5.41, 5.74) is 8.29. The minimum atomic E-state index is -0.432. The molecule has 0 spiro atoms. The average Bonchev–Trinajstić information content (AvgIpc) is 2.59. The molecule has 0 aliphatic rings. The van der Waals surface area contributed by atoms with E-state index in [-0.39, 0.29) is 0 Å². The van der Waals surface area contributed by atoms with Crippen LogP contribution in [0.2, 0.25) is 0 Å². The van der Waals surface area contributed by atoms with Crippen molar-refractivity contribution in [1.29, 1.82) is 0 Å². The Bertz CT molecular complexity index is 538. The number of aromatic nitrogens is 1. The van der Waals surface area contributed by atoms with Gasteiger partial charge in [0.2, 0.25) is 5.91 Å². The van der Waals surface area contributed by atoms with Crippen molar-refractivity contribution in [2.45, 2.75) is 6.92 Å². The zero-order valence-corrected chi connectivity index (χ0v) is 8.45. The summed E-state index contributed by atoms with van der Waals surface area (Å²) in [6.45, 7) is 2.04. The van der Waals surface area contributed by atoms with Crippen LogP contribution < -0.4 is 5.73 Å². The first-order valence-corrected chi connectivity index (χ1v) is 4.72. The van der Waals surface area contributed by atoms with Crippen LogP contribution in [0.25, 0.3) is 17.0 Å². The van der Waals surface area contributed by atoms with Crippen molar-refractivity contribution in [1.82, 2.24) is 4.98 Å². The fraction of sp³-hybridized carbons (Fsp3) is 0.0833. The summed E-state index contributed by atoms with van der Waals surface area (Å²) >= 11 is 0. The second-order valence-corrected chi connectivity index (χ2v) is 3.48. The molecular formula is C12H12N2O. The largest absolute Gasteiger partial charge is 0.366 e. The van der Waals surface area contributed by atoms with Crippen molar-refractivity contribution >= 4 is 22.9 Å². The van der Waals surface area contributed by atoms with E-state index in [1.54, 1.807) is 6.08 Å². The molecule has 15 heavy (non-hydrogen) atoms. The first-order chi connectivity index (χ1) is 7.18. The number of aryl methyl sites for hydroxylation is 1. The first-order valence-electron chi connectivity index (χ1n) is 4.72. The summed E-state index contributed by atoms with van der Waals surface area (Å²) in [4.78, 5) is 13.8. The molecule has 1 heterocycles. The third-order valence-electron chi connectivity index (χ3n) is 2.37. The summed E-state index contributed by atoms with van der Waals surface area (Å²) in [6, 6.07) is 6.04. The Morgan fingerprint density at radius 3 is 3.00 bits per heavy atom. The number of benzene rings is 1. The molecule has 0 saturated heterocycles. The maximum absolute atomic E-state index is 10.6. The Morgan fingerprint density at radius 1 is 1.47 bits per heavy atom. The van der Waals surface area contributed by atoms with Gasteiger partial charge in [-0.2, -0.15) is 0 Å². The number of rotatable bonds is 2. The monoisotopic (exact) mass is 200 g/mol. The number of hydrogen-bond acceptors (Lipinski definition) is 1. The molecule has 2 aromatic rings. The molecule has 0 saturated carbocycles. The van der Waals surface area contributed by atoms with Crippen LogP contribution in [0.15, 0.2) is 30.5 Å². The van der Waals surface area contributed by atoms with Gasteiger partial charge in [-0.25, -0.2) is 0 Å². The number of primary amides is 1. The lowest BCUT2D eigenvalue weighted by Crippen LogP contribution is -2.04. The predicted molar refractivity (Wildman–Crippen MR) is 61.3 cm³/mol. The normalized spacial score (nSPS) is 11.3. The van der Waals surface area contributed by atoms with E-state index in [2.05, 4.69) is 4.98 Å². The maximum Gasteiger partial charge on any atom is 0.241 e. The van der Waals surface area contributed by atoms with Gasteiger partial charge in [-0.15, -0.1) is 0 Å². The lowest BCUT2D eigenvalue weighted by atomic mass is 10.1. The van der Waals surface area contributed by atoms with Crippen molar-refractivity contribution in [3.8, 4) is 0 Å². The molecule has 0 fully saturated rings. The average molecular weight is 200 g/mol. The van der Waals surface area contributed by atoms with E-state index in [1.165, 1.54) is 11.6 Å². The molecule has 76 valence electrons. The Labute approximate surface area is 87.6 Å². The molecule has 1 aromatic carbocycles. The Morgan fingerprint density at radius 2 is 2.27 bits per heavy atom. The minimum absolute atomic E-state index is 0.432. The first kappa shape index (κ1) is 9.52. The zero-order valence-electron chi connectivity index (χ0n) is 8.45. The molecule has 0 bridgehead atoms. The minimum Gasteiger partial charge on any atom is -0.366 e. The second kappa shape index (κ2) is 3.61. The standard InChI is InChI=1S/C12H12N2O/c1-8-3-2-4-10-12(8)9(7-14-10)5-6-11(13)15/h2-7,14H,1H3,(H2,13,15). The van der Waals surface area contributed by atoms with Gasteiger partial charge in [-0.05, 0) is 24.6 Å². The molecule has 1 amide bonds. The van der Waals surface area contributed by atoms with Gasteiger partial charge < -0.3 is 10.7 Å². The van der Waals surface area contributed by atoms with Crippen LogP contribution in [0.3, 0.4) is 0 Å². The molecule has 0 aliphatic carbocycles. The molecule has 3 heteroatoms. The topological polar surface area (TPSA) is 58.9 Å². The van der Waals surface area contributed by atoms with Crippen LogP contribution in [0.1, 0.15) is 11.1 Å². The molecule has 2 rings (SSSR count). The van der Waals surface area contributed by atoms with E-state index < -0.39 is 5.91 Å². The van der Waals surface area contributed by atoms with Gasteiger partial charge in [0.25, 0.3) is 0 Å². The van der Waals surface area contributed by atoms with Crippen LogP contribution in [-0.4, -0.2) is 10.9 Å². The third-order valence-corrected chi connectivity index (χ3v) is 2.37. The van der Waals surface area contributed by atoms with E-state index in [9.17, 15) is 4.79 Å². The van der Waals surface area contributed by atoms with Crippen LogP contribution in [0.4, 0.5) is 0 Å². The zero-order chi connectivity index (χ0) is 10.8. The molecular weight excluding hydrogens is 188 g/mol. The highest BCUT2D eigenvalue weighted by Crippen LogP contribution is 2.22. The number of carbonyl (C=O) groups excluding carboxylic acids is 1. The number of nitrogens with one attached hydrogen (secondary N) is 1. The molecule has 0 aliphatic heterocycles. The second-order valence-electron chi connectivity index (χ2n) is 3.48. The number of carbonyl (C=O) groups is 1. The van der Waals surface area contributed by atoms with Gasteiger partial charge in [0, 0.05) is 28.7 Å². The summed E-state index contributed by atoms with van der Waals surface area (Å²) in [5.74, 6) is -0.432. The van der Waals surface area contributed by atoms with Crippen molar-refractivity contribution in [3.05, 3.63) is 41.6 Å². The van der Waals surface area contributed by atoms with Crippen LogP contribution >= 0.6 is 0 Å². The lowest BCUT2D eigenvalue weighted by molar-refractivity contribution is -0.113. The van der Waals surface area contributed by atoms with Gasteiger partial charge in [0.15, 0.2) is 0 Å². The summed E-state index contributed by atoms with van der Waals surface area (Å²) < 4.78 is 0. The fourth-order valence-corrected chi connectivity index (χ4v) is 1.70. The van der Waals surface area contributed by atoms with E-state index in [1.807, 2.05) is 31.3 Å². The Hall–Kier alpha value is -2.03. The molecule has 1 aromatic heterocycles. The van der Waals surface area contributed by atoms with Gasteiger partial charge in [-0.3, -0.25) is 4.79 Å². The molecule has 0 atom stereocenters. The van der Waals surface area contributed by atoms with E-state index >= 15 is 0 Å². The third kappa shape index (κ3) is 1.76. The van der Waals surface area contributed by atoms with Gasteiger partial charge in [0.05, 0.1) is 0 Å². The molecule has 0 unspecified atom stereocenters.